The van der Waals surface area contributed by atoms with Gasteiger partial charge in [-0.1, -0.05) is 5.21 Å². The number of hydrogen-bond donors (Lipinski definition) is 4. The number of tetrazole rings is 1. The van der Waals surface area contributed by atoms with Crippen LogP contribution in [0.5, 0.6) is 0 Å². The van der Waals surface area contributed by atoms with Crippen LogP contribution in [-0.2, 0) is 16.1 Å². The summed E-state index contributed by atoms with van der Waals surface area (Å²) in [5, 5.41) is 26.8. The van der Waals surface area contributed by atoms with Gasteiger partial charge in [0.15, 0.2) is 5.82 Å². The summed E-state index contributed by atoms with van der Waals surface area (Å²) in [5.41, 5.74) is 0. The lowest BCUT2D eigenvalue weighted by Crippen LogP contribution is -2.47. The van der Waals surface area contributed by atoms with Gasteiger partial charge in [0, 0.05) is 0 Å². The Kier molecular flexibility index (Phi) is 3.67. The standard InChI is InChI=1S/C8H12N6O4/c15-7(16)4-2-18-3-5(4)10-8(17)9-1-6-11-13-14-12-6/h4-5H,1-3H2,(H,15,16)(H2,9,10,17)(H,11,12,13,14). The lowest BCUT2D eigenvalue weighted by molar-refractivity contribution is -0.142. The molecular weight excluding hydrogens is 244 g/mol. The summed E-state index contributed by atoms with van der Waals surface area (Å²) >= 11 is 0. The first-order valence-corrected chi connectivity index (χ1v) is 5.24. The molecular formula is C8H12N6O4. The first-order valence-electron chi connectivity index (χ1n) is 5.24. The van der Waals surface area contributed by atoms with E-state index in [9.17, 15) is 9.59 Å². The fraction of sp³-hybridized carbons (Fsp3) is 0.625. The molecule has 2 unspecified atom stereocenters. The van der Waals surface area contributed by atoms with Crippen LogP contribution in [0.2, 0.25) is 0 Å². The Morgan fingerprint density at radius 2 is 2.33 bits per heavy atom. The highest BCUT2D eigenvalue weighted by Crippen LogP contribution is 2.13. The fourth-order valence-electron chi connectivity index (χ4n) is 1.58. The zero-order valence-electron chi connectivity index (χ0n) is 9.29. The SMILES string of the molecule is O=C(NCc1nn[nH]n1)NC1COCC1C(=O)O. The number of urea groups is 1. The van der Waals surface area contributed by atoms with E-state index < -0.39 is 24.0 Å². The normalized spacial score (nSPS) is 22.7. The molecule has 1 aliphatic heterocycles. The zero-order valence-corrected chi connectivity index (χ0v) is 9.29. The van der Waals surface area contributed by atoms with Crippen molar-refractivity contribution in [1.29, 1.82) is 0 Å². The molecule has 0 spiro atoms. The largest absolute Gasteiger partial charge is 0.481 e. The maximum absolute atomic E-state index is 11.5. The number of carboxylic acids is 1. The van der Waals surface area contributed by atoms with Crippen molar-refractivity contribution in [2.45, 2.75) is 12.6 Å². The first kappa shape index (κ1) is 12.2. The van der Waals surface area contributed by atoms with Crippen molar-refractivity contribution >= 4 is 12.0 Å². The molecule has 1 aliphatic rings. The molecule has 98 valence electrons. The van der Waals surface area contributed by atoms with Gasteiger partial charge in [0.1, 0.15) is 5.92 Å². The highest BCUT2D eigenvalue weighted by Gasteiger charge is 2.34. The Morgan fingerprint density at radius 1 is 1.50 bits per heavy atom. The second kappa shape index (κ2) is 5.40. The third kappa shape index (κ3) is 2.91. The molecule has 2 amide bonds. The second-order valence-electron chi connectivity index (χ2n) is 3.74. The molecule has 2 heterocycles. The van der Waals surface area contributed by atoms with Gasteiger partial charge in [-0.2, -0.15) is 5.21 Å². The summed E-state index contributed by atoms with van der Waals surface area (Å²) in [4.78, 5) is 22.4. The highest BCUT2D eigenvalue weighted by molar-refractivity contribution is 5.77. The van der Waals surface area contributed by atoms with E-state index in [4.69, 9.17) is 9.84 Å². The number of carbonyl (C=O) groups excluding carboxylic acids is 1. The van der Waals surface area contributed by atoms with Crippen LogP contribution in [0.4, 0.5) is 4.79 Å². The van der Waals surface area contributed by atoms with E-state index in [0.717, 1.165) is 0 Å². The number of aromatic nitrogens is 4. The minimum atomic E-state index is -0.990. The topological polar surface area (TPSA) is 142 Å². The first-order chi connectivity index (χ1) is 8.66. The molecule has 0 aliphatic carbocycles. The predicted molar refractivity (Wildman–Crippen MR) is 55.3 cm³/mol. The zero-order chi connectivity index (χ0) is 13.0. The third-order valence-electron chi connectivity index (χ3n) is 2.51. The number of amides is 2. The molecule has 0 radical (unpaired) electrons. The van der Waals surface area contributed by atoms with Crippen LogP contribution in [0.15, 0.2) is 0 Å². The average Bonchev–Trinajstić information content (AvgIpc) is 2.96. The number of carboxylic acid groups (broad SMARTS) is 1. The van der Waals surface area contributed by atoms with E-state index in [1.807, 2.05) is 0 Å². The van der Waals surface area contributed by atoms with Gasteiger partial charge in [0.2, 0.25) is 0 Å². The summed E-state index contributed by atoms with van der Waals surface area (Å²) in [5.74, 6) is -1.38. The molecule has 10 nitrogen and oxygen atoms in total. The van der Waals surface area contributed by atoms with Gasteiger partial charge in [0.25, 0.3) is 0 Å². The molecule has 0 saturated carbocycles. The molecule has 10 heteroatoms. The fourth-order valence-corrected chi connectivity index (χ4v) is 1.58. The van der Waals surface area contributed by atoms with Gasteiger partial charge in [0.05, 0.1) is 25.8 Å². The van der Waals surface area contributed by atoms with Crippen LogP contribution in [0, 0.1) is 5.92 Å². The number of H-pyrrole nitrogens is 1. The summed E-state index contributed by atoms with van der Waals surface area (Å²) in [7, 11) is 0. The van der Waals surface area contributed by atoms with Crippen molar-refractivity contribution in [3.05, 3.63) is 5.82 Å². The number of rotatable bonds is 4. The quantitative estimate of drug-likeness (QED) is 0.492. The smallest absolute Gasteiger partial charge is 0.315 e. The van der Waals surface area contributed by atoms with Crippen molar-refractivity contribution in [2.75, 3.05) is 13.2 Å². The van der Waals surface area contributed by atoms with Gasteiger partial charge in [-0.3, -0.25) is 4.79 Å². The molecule has 2 atom stereocenters. The van der Waals surface area contributed by atoms with Crippen LogP contribution in [-0.4, -0.2) is 57.0 Å². The minimum absolute atomic E-state index is 0.102. The molecule has 0 bridgehead atoms. The Labute approximate surface area is 101 Å². The number of nitrogens with zero attached hydrogens (tertiary/aromatic N) is 3. The summed E-state index contributed by atoms with van der Waals surface area (Å²) in [6.45, 7) is 0.394. The van der Waals surface area contributed by atoms with Crippen molar-refractivity contribution < 1.29 is 19.4 Å². The molecule has 0 aromatic carbocycles. The van der Waals surface area contributed by atoms with Gasteiger partial charge in [-0.25, -0.2) is 4.79 Å². The van der Waals surface area contributed by atoms with Crippen molar-refractivity contribution in [1.82, 2.24) is 31.3 Å². The molecule has 1 saturated heterocycles. The lowest BCUT2D eigenvalue weighted by atomic mass is 10.0. The molecule has 1 aromatic rings. The molecule has 4 N–H and O–H groups in total. The number of aliphatic carboxylic acids is 1. The van der Waals surface area contributed by atoms with Crippen LogP contribution in [0.3, 0.4) is 0 Å². The van der Waals surface area contributed by atoms with Gasteiger partial charge in [-0.05, 0) is 0 Å². The molecule has 1 fully saturated rings. The molecule has 18 heavy (non-hydrogen) atoms. The van der Waals surface area contributed by atoms with E-state index >= 15 is 0 Å². The lowest BCUT2D eigenvalue weighted by Gasteiger charge is -2.15. The predicted octanol–water partition coefficient (Wildman–Crippen LogP) is -1.90. The van der Waals surface area contributed by atoms with E-state index in [2.05, 4.69) is 31.3 Å². The van der Waals surface area contributed by atoms with Gasteiger partial charge < -0.3 is 20.5 Å². The summed E-state index contributed by atoms with van der Waals surface area (Å²) in [6.07, 6.45) is 0. The number of hydrogen-bond acceptors (Lipinski definition) is 6. The molecule has 2 rings (SSSR count). The van der Waals surface area contributed by atoms with E-state index in [-0.39, 0.29) is 19.8 Å². The Morgan fingerprint density at radius 3 is 3.00 bits per heavy atom. The van der Waals surface area contributed by atoms with Crippen LogP contribution < -0.4 is 10.6 Å². The Bertz CT molecular complexity index is 421. The number of carbonyl (C=O) groups is 2. The maximum Gasteiger partial charge on any atom is 0.315 e. The summed E-state index contributed by atoms with van der Waals surface area (Å²) in [6, 6.07) is -1.03. The van der Waals surface area contributed by atoms with Crippen LogP contribution in [0.1, 0.15) is 5.82 Å². The van der Waals surface area contributed by atoms with Crippen molar-refractivity contribution in [2.24, 2.45) is 5.92 Å². The Balaban J connectivity index is 1.78. The van der Waals surface area contributed by atoms with E-state index in [1.165, 1.54) is 0 Å². The Hall–Kier alpha value is -2.23. The van der Waals surface area contributed by atoms with Crippen LogP contribution in [0.25, 0.3) is 0 Å². The number of aromatic amines is 1. The van der Waals surface area contributed by atoms with Crippen molar-refractivity contribution in [3.8, 4) is 0 Å². The monoisotopic (exact) mass is 256 g/mol. The minimum Gasteiger partial charge on any atom is -0.481 e. The number of nitrogens with one attached hydrogen (secondary N) is 3. The summed E-state index contributed by atoms with van der Waals surface area (Å²) < 4.78 is 5.02. The highest BCUT2D eigenvalue weighted by atomic mass is 16.5. The average molecular weight is 256 g/mol. The maximum atomic E-state index is 11.5. The molecule has 1 aromatic heterocycles. The third-order valence-corrected chi connectivity index (χ3v) is 2.51. The van der Waals surface area contributed by atoms with Gasteiger partial charge in [-0.15, -0.1) is 10.2 Å². The van der Waals surface area contributed by atoms with Crippen LogP contribution >= 0.6 is 0 Å². The van der Waals surface area contributed by atoms with E-state index in [0.29, 0.717) is 5.82 Å². The van der Waals surface area contributed by atoms with E-state index in [1.54, 1.807) is 0 Å². The number of ether oxygens (including phenoxy) is 1. The second-order valence-corrected chi connectivity index (χ2v) is 3.74. The van der Waals surface area contributed by atoms with Crippen molar-refractivity contribution in [3.63, 3.8) is 0 Å². The van der Waals surface area contributed by atoms with Gasteiger partial charge >= 0.3 is 12.0 Å².